The van der Waals surface area contributed by atoms with Crippen molar-refractivity contribution in [2.75, 3.05) is 19.8 Å². The third-order valence-corrected chi connectivity index (χ3v) is 6.29. The van der Waals surface area contributed by atoms with Gasteiger partial charge in [0, 0.05) is 4.88 Å². The molecule has 88 valence electrons. The van der Waals surface area contributed by atoms with Gasteiger partial charge in [-0.1, -0.05) is 6.42 Å². The molecule has 1 saturated carbocycles. The summed E-state index contributed by atoms with van der Waals surface area (Å²) in [6, 6.07) is 4.38. The number of hydrogen-bond donors (Lipinski definition) is 1. The lowest BCUT2D eigenvalue weighted by molar-refractivity contribution is -0.152. The Hall–Kier alpha value is 0.1000. The second kappa shape index (κ2) is 3.80. The maximum atomic E-state index is 6.05. The molecule has 0 amide bonds. The van der Waals surface area contributed by atoms with Crippen molar-refractivity contribution in [2.24, 2.45) is 11.1 Å². The molecule has 1 aromatic rings. The Morgan fingerprint density at radius 3 is 2.44 bits per heavy atom. The molecule has 2 heterocycles. The molecule has 2 aliphatic rings. The summed E-state index contributed by atoms with van der Waals surface area (Å²) in [4.78, 5) is 1.45. The van der Waals surface area contributed by atoms with Gasteiger partial charge in [-0.2, -0.15) is 0 Å². The topological polar surface area (TPSA) is 35.2 Å². The first kappa shape index (κ1) is 11.2. The zero-order chi connectivity index (χ0) is 11.2. The lowest BCUT2D eigenvalue weighted by atomic mass is 9.51. The van der Waals surface area contributed by atoms with Gasteiger partial charge in [0.05, 0.1) is 22.4 Å². The van der Waals surface area contributed by atoms with E-state index in [0.717, 1.165) is 19.8 Å². The van der Waals surface area contributed by atoms with Crippen molar-refractivity contribution in [3.05, 3.63) is 20.8 Å². The average Bonchev–Trinajstić information content (AvgIpc) is 2.55. The van der Waals surface area contributed by atoms with Gasteiger partial charge >= 0.3 is 0 Å². The summed E-state index contributed by atoms with van der Waals surface area (Å²) >= 11 is 5.40. The second-order valence-corrected chi connectivity index (χ2v) is 7.48. The minimum atomic E-state index is 0.219. The van der Waals surface area contributed by atoms with E-state index in [1.807, 2.05) is 11.3 Å². The average molecular weight is 302 g/mol. The lowest BCUT2D eigenvalue weighted by Crippen LogP contribution is -2.64. The smallest absolute Gasteiger partial charge is 0.0701 e. The number of thiophene rings is 1. The molecule has 2 nitrogen and oxygen atoms in total. The Kier molecular flexibility index (Phi) is 2.66. The van der Waals surface area contributed by atoms with E-state index in [1.165, 1.54) is 27.9 Å². The fraction of sp³-hybridized carbons (Fsp3) is 0.667. The molecule has 0 bridgehead atoms. The Labute approximate surface area is 108 Å². The van der Waals surface area contributed by atoms with Crippen LogP contribution in [0.2, 0.25) is 0 Å². The first-order valence-corrected chi connectivity index (χ1v) is 7.37. The predicted octanol–water partition coefficient (Wildman–Crippen LogP) is 2.91. The molecule has 0 spiro atoms. The van der Waals surface area contributed by atoms with Crippen LogP contribution in [0.5, 0.6) is 0 Å². The summed E-state index contributed by atoms with van der Waals surface area (Å²) in [7, 11) is 0. The van der Waals surface area contributed by atoms with Crippen molar-refractivity contribution in [3.63, 3.8) is 0 Å². The molecular formula is C12H16BrNOS. The van der Waals surface area contributed by atoms with Gasteiger partial charge in [0.2, 0.25) is 0 Å². The molecule has 0 aromatic carbocycles. The van der Waals surface area contributed by atoms with Gasteiger partial charge < -0.3 is 10.5 Å². The highest BCUT2D eigenvalue weighted by Gasteiger charge is 2.59. The van der Waals surface area contributed by atoms with Crippen LogP contribution in [0, 0.1) is 5.41 Å². The fourth-order valence-electron chi connectivity index (χ4n) is 3.07. The first-order chi connectivity index (χ1) is 7.72. The van der Waals surface area contributed by atoms with Crippen molar-refractivity contribution >= 4 is 27.3 Å². The van der Waals surface area contributed by atoms with Crippen molar-refractivity contribution in [1.29, 1.82) is 0 Å². The van der Waals surface area contributed by atoms with Crippen LogP contribution in [0.25, 0.3) is 0 Å². The lowest BCUT2D eigenvalue weighted by Gasteiger charge is -2.59. The SMILES string of the molecule is NCC1(C2(c3ccc(Br)s3)COC2)CCC1. The van der Waals surface area contributed by atoms with Gasteiger partial charge in [-0.25, -0.2) is 0 Å². The molecule has 0 unspecified atom stereocenters. The zero-order valence-corrected chi connectivity index (χ0v) is 11.6. The second-order valence-electron chi connectivity index (χ2n) is 5.02. The van der Waals surface area contributed by atoms with Crippen LogP contribution in [0.4, 0.5) is 0 Å². The minimum Gasteiger partial charge on any atom is -0.379 e. The van der Waals surface area contributed by atoms with E-state index in [1.54, 1.807) is 0 Å². The number of hydrogen-bond acceptors (Lipinski definition) is 3. The molecule has 1 saturated heterocycles. The standard InChI is InChI=1S/C12H16BrNOS/c13-10-3-2-9(16-10)12(7-15-8-12)11(6-14)4-1-5-11/h2-3H,1,4-8,14H2. The molecule has 1 aliphatic carbocycles. The van der Waals surface area contributed by atoms with Crippen LogP contribution in [0.15, 0.2) is 15.9 Å². The predicted molar refractivity (Wildman–Crippen MR) is 69.9 cm³/mol. The summed E-state index contributed by atoms with van der Waals surface area (Å²) in [5.41, 5.74) is 6.58. The van der Waals surface area contributed by atoms with E-state index in [0.29, 0.717) is 5.41 Å². The van der Waals surface area contributed by atoms with Gasteiger partial charge in [0.25, 0.3) is 0 Å². The molecule has 2 N–H and O–H groups in total. The van der Waals surface area contributed by atoms with Crippen LogP contribution >= 0.6 is 27.3 Å². The number of halogens is 1. The minimum absolute atomic E-state index is 0.219. The molecule has 1 aliphatic heterocycles. The zero-order valence-electron chi connectivity index (χ0n) is 9.17. The van der Waals surface area contributed by atoms with E-state index < -0.39 is 0 Å². The van der Waals surface area contributed by atoms with Crippen LogP contribution in [0.3, 0.4) is 0 Å². The maximum absolute atomic E-state index is 6.05. The first-order valence-electron chi connectivity index (χ1n) is 5.76. The highest BCUT2D eigenvalue weighted by Crippen LogP contribution is 2.59. The molecule has 0 atom stereocenters. The molecule has 16 heavy (non-hydrogen) atoms. The van der Waals surface area contributed by atoms with Gasteiger partial charge in [0.15, 0.2) is 0 Å². The van der Waals surface area contributed by atoms with Crippen molar-refractivity contribution in [1.82, 2.24) is 0 Å². The van der Waals surface area contributed by atoms with Gasteiger partial charge in [0.1, 0.15) is 0 Å². The van der Waals surface area contributed by atoms with E-state index >= 15 is 0 Å². The summed E-state index contributed by atoms with van der Waals surface area (Å²) in [5, 5.41) is 0. The Morgan fingerprint density at radius 1 is 1.38 bits per heavy atom. The van der Waals surface area contributed by atoms with Crippen LogP contribution in [-0.2, 0) is 10.2 Å². The van der Waals surface area contributed by atoms with Gasteiger partial charge in [-0.15, -0.1) is 11.3 Å². The number of ether oxygens (including phenoxy) is 1. The molecule has 3 rings (SSSR count). The third-order valence-electron chi connectivity index (χ3n) is 4.46. The molecule has 4 heteroatoms. The van der Waals surface area contributed by atoms with E-state index in [9.17, 15) is 0 Å². The Balaban J connectivity index is 1.99. The highest BCUT2D eigenvalue weighted by molar-refractivity contribution is 9.11. The van der Waals surface area contributed by atoms with Crippen molar-refractivity contribution < 1.29 is 4.74 Å². The van der Waals surface area contributed by atoms with Crippen LogP contribution < -0.4 is 5.73 Å². The van der Waals surface area contributed by atoms with E-state index in [-0.39, 0.29) is 5.41 Å². The third kappa shape index (κ3) is 1.30. The fourth-order valence-corrected chi connectivity index (χ4v) is 4.74. The van der Waals surface area contributed by atoms with Crippen LogP contribution in [-0.4, -0.2) is 19.8 Å². The van der Waals surface area contributed by atoms with E-state index in [4.69, 9.17) is 10.5 Å². The molecular weight excluding hydrogens is 286 g/mol. The summed E-state index contributed by atoms with van der Waals surface area (Å²) < 4.78 is 6.73. The summed E-state index contributed by atoms with van der Waals surface area (Å²) in [6.45, 7) is 2.51. The van der Waals surface area contributed by atoms with Gasteiger partial charge in [-0.05, 0) is 52.9 Å². The van der Waals surface area contributed by atoms with E-state index in [2.05, 4.69) is 28.1 Å². The molecule has 2 fully saturated rings. The Morgan fingerprint density at radius 2 is 2.12 bits per heavy atom. The van der Waals surface area contributed by atoms with Crippen molar-refractivity contribution in [2.45, 2.75) is 24.7 Å². The van der Waals surface area contributed by atoms with Crippen molar-refractivity contribution in [3.8, 4) is 0 Å². The highest BCUT2D eigenvalue weighted by atomic mass is 79.9. The number of rotatable bonds is 3. The Bertz CT molecular complexity index is 390. The van der Waals surface area contributed by atoms with Gasteiger partial charge in [-0.3, -0.25) is 0 Å². The largest absolute Gasteiger partial charge is 0.379 e. The monoisotopic (exact) mass is 301 g/mol. The normalized spacial score (nSPS) is 25.9. The maximum Gasteiger partial charge on any atom is 0.0701 e. The summed E-state index contributed by atoms with van der Waals surface area (Å²) in [5.74, 6) is 0. The van der Waals surface area contributed by atoms with Crippen LogP contribution in [0.1, 0.15) is 24.1 Å². The summed E-state index contributed by atoms with van der Waals surface area (Å²) in [6.07, 6.45) is 3.86. The molecule has 0 radical (unpaired) electrons. The molecule has 1 aromatic heterocycles. The number of nitrogens with two attached hydrogens (primary N) is 1. The quantitative estimate of drug-likeness (QED) is 0.932.